The second kappa shape index (κ2) is 6.04. The van der Waals surface area contributed by atoms with Crippen LogP contribution in [0.15, 0.2) is 97.1 Å². The summed E-state index contributed by atoms with van der Waals surface area (Å²) < 4.78 is 0.708. The van der Waals surface area contributed by atoms with Crippen molar-refractivity contribution in [3.05, 3.63) is 119 Å². The fourth-order valence-electron chi connectivity index (χ4n) is 3.23. The molecule has 0 unspecified atom stereocenters. The molecule has 0 fully saturated rings. The number of hydrogen-bond donors (Lipinski definition) is 1. The molecule has 1 N–H and O–H groups in total. The van der Waals surface area contributed by atoms with Crippen molar-refractivity contribution in [3.63, 3.8) is 0 Å². The summed E-state index contributed by atoms with van der Waals surface area (Å²) >= 11 is 0. The molecule has 122 valence electrons. The van der Waals surface area contributed by atoms with Gasteiger partial charge in [-0.1, -0.05) is 66.7 Å². The van der Waals surface area contributed by atoms with E-state index in [0.717, 1.165) is 11.1 Å². The number of nitrogens with zero attached hydrogens (tertiary/aromatic N) is 1. The van der Waals surface area contributed by atoms with Gasteiger partial charge < -0.3 is 10.3 Å². The van der Waals surface area contributed by atoms with Gasteiger partial charge in [-0.3, -0.25) is 0 Å². The Balaban J connectivity index is 1.96. The zero-order valence-electron chi connectivity index (χ0n) is 13.5. The molecule has 0 saturated heterocycles. The van der Waals surface area contributed by atoms with E-state index in [4.69, 9.17) is 0 Å². The van der Waals surface area contributed by atoms with E-state index in [1.54, 1.807) is 18.2 Å². The Bertz CT molecular complexity index is 947. The SMILES string of the molecule is [O-][N+]1=C(c2ccccc2)C=C(c2ccccc2)[C@]1(O)c1ccccc1. The molecule has 1 aliphatic heterocycles. The van der Waals surface area contributed by atoms with Crippen LogP contribution < -0.4 is 0 Å². The molecule has 0 amide bonds. The highest BCUT2D eigenvalue weighted by atomic mass is 16.5. The Morgan fingerprint density at radius 2 is 1.16 bits per heavy atom. The van der Waals surface area contributed by atoms with Crippen molar-refractivity contribution >= 4 is 11.3 Å². The largest absolute Gasteiger partial charge is 0.621 e. The van der Waals surface area contributed by atoms with Crippen LogP contribution in [0.5, 0.6) is 0 Å². The second-order valence-electron chi connectivity index (χ2n) is 6.01. The molecule has 3 nitrogen and oxygen atoms in total. The van der Waals surface area contributed by atoms with Crippen LogP contribution in [0.25, 0.3) is 5.57 Å². The van der Waals surface area contributed by atoms with Crippen LogP contribution in [-0.4, -0.2) is 15.6 Å². The summed E-state index contributed by atoms with van der Waals surface area (Å²) in [7, 11) is 0. The molecule has 3 aromatic rings. The van der Waals surface area contributed by atoms with Crippen LogP contribution >= 0.6 is 0 Å². The molecule has 1 aliphatic rings. The van der Waals surface area contributed by atoms with E-state index < -0.39 is 5.72 Å². The van der Waals surface area contributed by atoms with Crippen LogP contribution in [0.4, 0.5) is 0 Å². The number of aliphatic hydroxyl groups is 1. The van der Waals surface area contributed by atoms with Crippen molar-refractivity contribution in [2.75, 3.05) is 0 Å². The van der Waals surface area contributed by atoms with E-state index in [1.807, 2.05) is 78.9 Å². The molecule has 3 heteroatoms. The topological polar surface area (TPSA) is 46.3 Å². The fraction of sp³-hybridized carbons (Fsp3) is 0.0455. The molecule has 4 rings (SSSR count). The van der Waals surface area contributed by atoms with E-state index in [-0.39, 0.29) is 0 Å². The van der Waals surface area contributed by atoms with Gasteiger partial charge in [0.1, 0.15) is 0 Å². The lowest BCUT2D eigenvalue weighted by atomic mass is 9.90. The van der Waals surface area contributed by atoms with Crippen LogP contribution in [0.2, 0.25) is 0 Å². The molecule has 0 saturated carbocycles. The number of allylic oxidation sites excluding steroid dienone is 1. The van der Waals surface area contributed by atoms with Crippen LogP contribution in [0.1, 0.15) is 16.7 Å². The van der Waals surface area contributed by atoms with Gasteiger partial charge in [0.15, 0.2) is 0 Å². The smallest absolute Gasteiger partial charge is 0.330 e. The third-order valence-electron chi connectivity index (χ3n) is 4.50. The average Bonchev–Trinajstić information content (AvgIpc) is 2.96. The van der Waals surface area contributed by atoms with Crippen molar-refractivity contribution in [1.82, 2.24) is 0 Å². The van der Waals surface area contributed by atoms with E-state index >= 15 is 0 Å². The highest BCUT2D eigenvalue weighted by Crippen LogP contribution is 2.41. The van der Waals surface area contributed by atoms with Crippen LogP contribution in [-0.2, 0) is 5.72 Å². The second-order valence-corrected chi connectivity index (χ2v) is 6.01. The van der Waals surface area contributed by atoms with Gasteiger partial charge in [0, 0.05) is 11.6 Å². The van der Waals surface area contributed by atoms with Crippen LogP contribution in [0, 0.1) is 5.21 Å². The number of hydrogen-bond acceptors (Lipinski definition) is 2. The Kier molecular flexibility index (Phi) is 3.71. The lowest BCUT2D eigenvalue weighted by Gasteiger charge is -2.26. The maximum atomic E-state index is 13.2. The minimum Gasteiger partial charge on any atom is -0.621 e. The minimum absolute atomic E-state index is 0.450. The number of benzene rings is 3. The van der Waals surface area contributed by atoms with E-state index in [1.165, 1.54) is 0 Å². The van der Waals surface area contributed by atoms with Crippen LogP contribution in [0.3, 0.4) is 0 Å². The van der Waals surface area contributed by atoms with E-state index in [2.05, 4.69) is 0 Å². The lowest BCUT2D eigenvalue weighted by Crippen LogP contribution is -2.36. The first-order chi connectivity index (χ1) is 12.2. The van der Waals surface area contributed by atoms with Crippen molar-refractivity contribution in [2.24, 2.45) is 0 Å². The standard InChI is InChI=1S/C22H17NO2/c24-22(19-14-8-3-9-15-19)20(17-10-4-1-5-11-17)16-21(23(22)25)18-12-6-2-7-13-18/h1-16,24H/t22-/m1/s1. The van der Waals surface area contributed by atoms with Crippen molar-refractivity contribution in [2.45, 2.75) is 5.72 Å². The van der Waals surface area contributed by atoms with Gasteiger partial charge in [0.2, 0.25) is 5.71 Å². The van der Waals surface area contributed by atoms with Gasteiger partial charge in [-0.15, -0.1) is 0 Å². The summed E-state index contributed by atoms with van der Waals surface area (Å²) in [6.45, 7) is 0. The molecule has 0 radical (unpaired) electrons. The summed E-state index contributed by atoms with van der Waals surface area (Å²) in [5.41, 5.74) is 1.41. The minimum atomic E-state index is -1.76. The quantitative estimate of drug-likeness (QED) is 0.585. The monoisotopic (exact) mass is 327 g/mol. The first-order valence-corrected chi connectivity index (χ1v) is 8.16. The van der Waals surface area contributed by atoms with Gasteiger partial charge in [0.25, 0.3) is 0 Å². The van der Waals surface area contributed by atoms with Crippen molar-refractivity contribution in [3.8, 4) is 0 Å². The molecule has 25 heavy (non-hydrogen) atoms. The Morgan fingerprint density at radius 3 is 1.72 bits per heavy atom. The van der Waals surface area contributed by atoms with Gasteiger partial charge in [0.05, 0.1) is 11.1 Å². The zero-order chi connectivity index (χ0) is 17.3. The Morgan fingerprint density at radius 1 is 0.680 bits per heavy atom. The fourth-order valence-corrected chi connectivity index (χ4v) is 3.23. The third kappa shape index (κ3) is 2.46. The van der Waals surface area contributed by atoms with Gasteiger partial charge >= 0.3 is 5.72 Å². The first-order valence-electron chi connectivity index (χ1n) is 8.16. The predicted octanol–water partition coefficient (Wildman–Crippen LogP) is 3.93. The molecular weight excluding hydrogens is 310 g/mol. The summed E-state index contributed by atoms with van der Waals surface area (Å²) in [4.78, 5) is 0. The number of hydroxylamine groups is 1. The summed E-state index contributed by atoms with van der Waals surface area (Å²) in [5.74, 6) is 0. The molecule has 1 atom stereocenters. The maximum absolute atomic E-state index is 13.2. The van der Waals surface area contributed by atoms with Crippen molar-refractivity contribution < 1.29 is 9.85 Å². The first kappa shape index (κ1) is 15.4. The van der Waals surface area contributed by atoms with Gasteiger partial charge in [-0.05, 0) is 29.8 Å². The van der Waals surface area contributed by atoms with Gasteiger partial charge in [-0.2, -0.15) is 4.74 Å². The van der Waals surface area contributed by atoms with E-state index in [0.29, 0.717) is 21.6 Å². The average molecular weight is 327 g/mol. The molecule has 0 spiro atoms. The molecule has 3 aromatic carbocycles. The van der Waals surface area contributed by atoms with E-state index in [9.17, 15) is 10.3 Å². The molecular formula is C22H17NO2. The summed E-state index contributed by atoms with van der Waals surface area (Å²) in [6.07, 6.45) is 1.78. The molecule has 0 aromatic heterocycles. The normalized spacial score (nSPS) is 19.8. The van der Waals surface area contributed by atoms with Gasteiger partial charge in [-0.25, -0.2) is 0 Å². The highest BCUT2D eigenvalue weighted by Gasteiger charge is 2.49. The molecule has 0 bridgehead atoms. The lowest BCUT2D eigenvalue weighted by molar-refractivity contribution is -0.591. The molecule has 0 aliphatic carbocycles. The Hall–Kier alpha value is -3.17. The Labute approximate surface area is 146 Å². The highest BCUT2D eigenvalue weighted by molar-refractivity contribution is 6.12. The summed E-state index contributed by atoms with van der Waals surface area (Å²) in [5, 5.41) is 24.7. The maximum Gasteiger partial charge on any atom is 0.330 e. The van der Waals surface area contributed by atoms with Crippen molar-refractivity contribution in [1.29, 1.82) is 0 Å². The third-order valence-corrected chi connectivity index (χ3v) is 4.50. The zero-order valence-corrected chi connectivity index (χ0v) is 13.5. The summed E-state index contributed by atoms with van der Waals surface area (Å²) in [6, 6.07) is 28.0. The predicted molar refractivity (Wildman–Crippen MR) is 98.9 cm³/mol. The number of rotatable bonds is 3. The molecule has 1 heterocycles.